The smallest absolute Gasteiger partial charge is 0.272 e. The summed E-state index contributed by atoms with van der Waals surface area (Å²) in [5, 5.41) is 2.80. The Labute approximate surface area is 102 Å². The third kappa shape index (κ3) is 4.03. The van der Waals surface area contributed by atoms with E-state index in [0.29, 0.717) is 24.0 Å². The molecule has 0 aliphatic carbocycles. The maximum absolute atomic E-state index is 11.7. The molecule has 0 bridgehead atoms. The van der Waals surface area contributed by atoms with Crippen LogP contribution in [0.5, 0.6) is 0 Å². The van der Waals surface area contributed by atoms with Crippen LogP contribution in [0.25, 0.3) is 0 Å². The molecule has 0 atom stereocenters. The molecule has 5 nitrogen and oxygen atoms in total. The highest BCUT2D eigenvalue weighted by Crippen LogP contribution is 2.05. The quantitative estimate of drug-likeness (QED) is 0.790. The minimum atomic E-state index is -0.222. The van der Waals surface area contributed by atoms with E-state index < -0.39 is 0 Å². The number of amides is 1. The van der Waals surface area contributed by atoms with E-state index in [-0.39, 0.29) is 5.91 Å². The van der Waals surface area contributed by atoms with Gasteiger partial charge in [0.25, 0.3) is 5.91 Å². The van der Waals surface area contributed by atoms with E-state index in [0.717, 1.165) is 6.54 Å². The molecule has 0 unspecified atom stereocenters. The maximum Gasteiger partial charge on any atom is 0.272 e. The molecule has 0 aliphatic rings. The standard InChI is InChI=1S/C12H20N4O/c1-9(2)16(3)8-7-15-12(17)11-10(13)5-4-6-14-11/h4-6,9H,7-8,13H2,1-3H3,(H,15,17). The minimum Gasteiger partial charge on any atom is -0.397 e. The molecule has 0 fully saturated rings. The van der Waals surface area contributed by atoms with Gasteiger partial charge in [0.05, 0.1) is 5.69 Å². The summed E-state index contributed by atoms with van der Waals surface area (Å²) in [6.45, 7) is 5.61. The van der Waals surface area contributed by atoms with Crippen molar-refractivity contribution in [3.8, 4) is 0 Å². The van der Waals surface area contributed by atoms with Crippen LogP contribution in [0.15, 0.2) is 18.3 Å². The van der Waals surface area contributed by atoms with E-state index in [1.54, 1.807) is 18.3 Å². The van der Waals surface area contributed by atoms with Crippen molar-refractivity contribution in [1.29, 1.82) is 0 Å². The number of hydrogen-bond acceptors (Lipinski definition) is 4. The Bertz CT molecular complexity index is 379. The van der Waals surface area contributed by atoms with Crippen LogP contribution in [0.2, 0.25) is 0 Å². The number of carbonyl (C=O) groups excluding carboxylic acids is 1. The molecule has 1 amide bonds. The molecule has 5 heteroatoms. The molecule has 0 saturated carbocycles. The molecule has 1 heterocycles. The Morgan fingerprint density at radius 3 is 2.88 bits per heavy atom. The van der Waals surface area contributed by atoms with Gasteiger partial charge in [-0.1, -0.05) is 0 Å². The monoisotopic (exact) mass is 236 g/mol. The van der Waals surface area contributed by atoms with Crippen molar-refractivity contribution in [3.05, 3.63) is 24.0 Å². The Kier molecular flexibility index (Phi) is 4.90. The topological polar surface area (TPSA) is 71.2 Å². The third-order valence-electron chi connectivity index (χ3n) is 2.69. The Hall–Kier alpha value is -1.62. The van der Waals surface area contributed by atoms with Gasteiger partial charge in [0.1, 0.15) is 0 Å². The molecule has 0 spiro atoms. The van der Waals surface area contributed by atoms with Gasteiger partial charge in [0.2, 0.25) is 0 Å². The van der Waals surface area contributed by atoms with Crippen molar-refractivity contribution >= 4 is 11.6 Å². The largest absolute Gasteiger partial charge is 0.397 e. The van der Waals surface area contributed by atoms with Crippen molar-refractivity contribution in [2.45, 2.75) is 19.9 Å². The van der Waals surface area contributed by atoms with Gasteiger partial charge in [-0.25, -0.2) is 4.98 Å². The number of rotatable bonds is 5. The molecule has 0 radical (unpaired) electrons. The van der Waals surface area contributed by atoms with E-state index in [2.05, 4.69) is 29.0 Å². The van der Waals surface area contributed by atoms with E-state index >= 15 is 0 Å². The Morgan fingerprint density at radius 2 is 2.29 bits per heavy atom. The molecule has 0 aromatic carbocycles. The summed E-state index contributed by atoms with van der Waals surface area (Å²) < 4.78 is 0. The lowest BCUT2D eigenvalue weighted by Gasteiger charge is -2.20. The Morgan fingerprint density at radius 1 is 1.59 bits per heavy atom. The number of carbonyl (C=O) groups is 1. The molecule has 0 aliphatic heterocycles. The number of anilines is 1. The second-order valence-electron chi connectivity index (χ2n) is 4.27. The molecular formula is C12H20N4O. The lowest BCUT2D eigenvalue weighted by Crippen LogP contribution is -2.36. The van der Waals surface area contributed by atoms with Crippen molar-refractivity contribution in [2.75, 3.05) is 25.9 Å². The fourth-order valence-electron chi connectivity index (χ4n) is 1.30. The summed E-state index contributed by atoms with van der Waals surface area (Å²) in [4.78, 5) is 17.9. The van der Waals surface area contributed by atoms with E-state index in [4.69, 9.17) is 5.73 Å². The van der Waals surface area contributed by atoms with Crippen molar-refractivity contribution in [1.82, 2.24) is 15.2 Å². The first kappa shape index (κ1) is 13.4. The first-order valence-corrected chi connectivity index (χ1v) is 5.71. The zero-order chi connectivity index (χ0) is 12.8. The first-order chi connectivity index (χ1) is 8.02. The summed E-state index contributed by atoms with van der Waals surface area (Å²) in [6.07, 6.45) is 1.56. The summed E-state index contributed by atoms with van der Waals surface area (Å²) in [5.41, 5.74) is 6.36. The predicted octanol–water partition coefficient (Wildman–Crippen LogP) is 0.734. The van der Waals surface area contributed by atoms with E-state index in [1.807, 2.05) is 7.05 Å². The summed E-state index contributed by atoms with van der Waals surface area (Å²) >= 11 is 0. The van der Waals surface area contributed by atoms with Gasteiger partial charge in [0.15, 0.2) is 5.69 Å². The average Bonchev–Trinajstić information content (AvgIpc) is 2.29. The zero-order valence-corrected chi connectivity index (χ0v) is 10.6. The molecule has 1 aromatic heterocycles. The van der Waals surface area contributed by atoms with Gasteiger partial charge in [0, 0.05) is 25.3 Å². The minimum absolute atomic E-state index is 0.222. The Balaban J connectivity index is 2.43. The summed E-state index contributed by atoms with van der Waals surface area (Å²) in [7, 11) is 2.02. The fraction of sp³-hybridized carbons (Fsp3) is 0.500. The van der Waals surface area contributed by atoms with Crippen molar-refractivity contribution in [3.63, 3.8) is 0 Å². The number of likely N-dealkylation sites (N-methyl/N-ethyl adjacent to an activating group) is 1. The summed E-state index contributed by atoms with van der Waals surface area (Å²) in [5.74, 6) is -0.222. The molecule has 94 valence electrons. The first-order valence-electron chi connectivity index (χ1n) is 5.71. The van der Waals surface area contributed by atoms with Gasteiger partial charge >= 0.3 is 0 Å². The zero-order valence-electron chi connectivity index (χ0n) is 10.6. The number of nitrogens with one attached hydrogen (secondary N) is 1. The molecule has 1 aromatic rings. The number of hydrogen-bond donors (Lipinski definition) is 2. The van der Waals surface area contributed by atoms with Crippen molar-refractivity contribution in [2.24, 2.45) is 0 Å². The van der Waals surface area contributed by atoms with E-state index in [9.17, 15) is 4.79 Å². The second kappa shape index (κ2) is 6.20. The van der Waals surface area contributed by atoms with Crippen LogP contribution in [-0.2, 0) is 0 Å². The molecule has 3 N–H and O–H groups in total. The van der Waals surface area contributed by atoms with Gasteiger partial charge in [-0.3, -0.25) is 4.79 Å². The van der Waals surface area contributed by atoms with Crippen LogP contribution in [0.3, 0.4) is 0 Å². The number of nitrogens with zero attached hydrogens (tertiary/aromatic N) is 2. The van der Waals surface area contributed by atoms with Crippen molar-refractivity contribution < 1.29 is 4.79 Å². The van der Waals surface area contributed by atoms with Crippen LogP contribution < -0.4 is 11.1 Å². The number of pyridine rings is 1. The van der Waals surface area contributed by atoms with Gasteiger partial charge in [-0.05, 0) is 33.0 Å². The maximum atomic E-state index is 11.7. The van der Waals surface area contributed by atoms with E-state index in [1.165, 1.54) is 0 Å². The number of nitrogen functional groups attached to an aromatic ring is 1. The molecule has 0 saturated heterocycles. The SMILES string of the molecule is CC(C)N(C)CCNC(=O)c1ncccc1N. The highest BCUT2D eigenvalue weighted by molar-refractivity contribution is 5.96. The molecule has 1 rings (SSSR count). The highest BCUT2D eigenvalue weighted by atomic mass is 16.1. The van der Waals surface area contributed by atoms with Crippen LogP contribution in [0.1, 0.15) is 24.3 Å². The highest BCUT2D eigenvalue weighted by Gasteiger charge is 2.10. The van der Waals surface area contributed by atoms with Gasteiger partial charge in [-0.2, -0.15) is 0 Å². The van der Waals surface area contributed by atoms with Gasteiger partial charge in [-0.15, -0.1) is 0 Å². The van der Waals surface area contributed by atoms with Crippen LogP contribution in [0, 0.1) is 0 Å². The van der Waals surface area contributed by atoms with Gasteiger partial charge < -0.3 is 16.0 Å². The molecule has 17 heavy (non-hydrogen) atoms. The van der Waals surface area contributed by atoms with Crippen LogP contribution in [0.4, 0.5) is 5.69 Å². The predicted molar refractivity (Wildman–Crippen MR) is 68.7 cm³/mol. The third-order valence-corrected chi connectivity index (χ3v) is 2.69. The number of aromatic nitrogens is 1. The van der Waals surface area contributed by atoms with Crippen LogP contribution in [-0.4, -0.2) is 42.0 Å². The lowest BCUT2D eigenvalue weighted by molar-refractivity contribution is 0.0944. The average molecular weight is 236 g/mol. The molecular weight excluding hydrogens is 216 g/mol. The lowest BCUT2D eigenvalue weighted by atomic mass is 10.3. The normalized spacial score (nSPS) is 10.9. The second-order valence-corrected chi connectivity index (χ2v) is 4.27. The summed E-state index contributed by atoms with van der Waals surface area (Å²) in [6, 6.07) is 3.84. The van der Waals surface area contributed by atoms with Crippen LogP contribution >= 0.6 is 0 Å². The number of nitrogens with two attached hydrogens (primary N) is 1. The fourth-order valence-corrected chi connectivity index (χ4v) is 1.30.